The Kier molecular flexibility index (Phi) is 4.42. The highest BCUT2D eigenvalue weighted by Gasteiger charge is 2.42. The highest BCUT2D eigenvalue weighted by atomic mass is 32.2. The molecule has 3 heterocycles. The van der Waals surface area contributed by atoms with E-state index in [-0.39, 0.29) is 17.7 Å². The Morgan fingerprint density at radius 1 is 1.15 bits per heavy atom. The van der Waals surface area contributed by atoms with Crippen LogP contribution < -0.4 is 0 Å². The number of hydrogen-bond donors (Lipinski definition) is 1. The van der Waals surface area contributed by atoms with Gasteiger partial charge in [-0.25, -0.2) is 0 Å². The van der Waals surface area contributed by atoms with Crippen molar-refractivity contribution < 1.29 is 9.90 Å². The van der Waals surface area contributed by atoms with Crippen LogP contribution in [0.2, 0.25) is 0 Å². The standard InChI is InChI=1S/C20H22N4O2S/c1-10-5-7-14(8-6-10)18-17-11(2)12(3)27-20(17)24-13(4)22-23-19(24)15(21-18)9-16(25)26/h5-8,15,17,20H,9H2,1-4H3,(H,25,26)/t15-,17?,20?/m0/s1. The lowest BCUT2D eigenvalue weighted by atomic mass is 9.89. The molecule has 3 atom stereocenters. The Morgan fingerprint density at radius 2 is 1.85 bits per heavy atom. The maximum absolute atomic E-state index is 11.5. The summed E-state index contributed by atoms with van der Waals surface area (Å²) < 4.78 is 2.09. The minimum Gasteiger partial charge on any atom is -0.481 e. The van der Waals surface area contributed by atoms with Crippen molar-refractivity contribution in [1.82, 2.24) is 14.8 Å². The first-order valence-corrected chi connectivity index (χ1v) is 9.86. The first-order valence-electron chi connectivity index (χ1n) is 8.98. The summed E-state index contributed by atoms with van der Waals surface area (Å²) in [5.74, 6) is 0.625. The number of aliphatic carboxylic acids is 1. The molecule has 1 N–H and O–H groups in total. The fourth-order valence-electron chi connectivity index (χ4n) is 3.83. The molecule has 2 aliphatic rings. The molecule has 1 aromatic carbocycles. The maximum atomic E-state index is 11.5. The second-order valence-corrected chi connectivity index (χ2v) is 8.53. The topological polar surface area (TPSA) is 80.4 Å². The van der Waals surface area contributed by atoms with Gasteiger partial charge in [0.2, 0.25) is 0 Å². The lowest BCUT2D eigenvalue weighted by Crippen LogP contribution is -2.23. The molecule has 0 amide bonds. The van der Waals surface area contributed by atoms with Crippen LogP contribution in [-0.2, 0) is 4.79 Å². The van der Waals surface area contributed by atoms with Gasteiger partial charge < -0.3 is 5.11 Å². The van der Waals surface area contributed by atoms with E-state index in [9.17, 15) is 9.90 Å². The van der Waals surface area contributed by atoms with E-state index < -0.39 is 12.0 Å². The molecule has 0 bridgehead atoms. The van der Waals surface area contributed by atoms with Crippen LogP contribution in [-0.4, -0.2) is 31.6 Å². The van der Waals surface area contributed by atoms with Gasteiger partial charge in [0.15, 0.2) is 5.82 Å². The molecule has 140 valence electrons. The Morgan fingerprint density at radius 3 is 2.52 bits per heavy atom. The van der Waals surface area contributed by atoms with Crippen LogP contribution in [0.15, 0.2) is 39.7 Å². The third kappa shape index (κ3) is 3.00. The van der Waals surface area contributed by atoms with Gasteiger partial charge in [0.05, 0.1) is 23.4 Å². The molecule has 6 nitrogen and oxygen atoms in total. The molecular weight excluding hydrogens is 360 g/mol. The predicted octanol–water partition coefficient (Wildman–Crippen LogP) is 4.07. The molecule has 0 aliphatic carbocycles. The maximum Gasteiger partial charge on any atom is 0.306 e. The zero-order chi connectivity index (χ0) is 19.3. The van der Waals surface area contributed by atoms with Crippen LogP contribution in [0.3, 0.4) is 0 Å². The van der Waals surface area contributed by atoms with E-state index >= 15 is 0 Å². The largest absolute Gasteiger partial charge is 0.481 e. The summed E-state index contributed by atoms with van der Waals surface area (Å²) in [5.41, 5.74) is 4.44. The van der Waals surface area contributed by atoms with E-state index in [1.807, 2.05) is 6.92 Å². The summed E-state index contributed by atoms with van der Waals surface area (Å²) in [6, 6.07) is 7.76. The molecule has 7 heteroatoms. The SMILES string of the molecule is CC1=C(C)C2C(c3ccc(C)cc3)=N[C@@H](CC(=O)O)c3nnc(C)n3C2S1. The van der Waals surface area contributed by atoms with E-state index in [2.05, 4.69) is 59.8 Å². The summed E-state index contributed by atoms with van der Waals surface area (Å²) in [7, 11) is 0. The molecule has 4 rings (SSSR count). The molecule has 2 aromatic rings. The molecule has 0 saturated carbocycles. The van der Waals surface area contributed by atoms with Gasteiger partial charge in [0.25, 0.3) is 0 Å². The normalized spacial score (nSPS) is 24.3. The average molecular weight is 382 g/mol. The molecular formula is C20H22N4O2S. The van der Waals surface area contributed by atoms with E-state index in [0.717, 1.165) is 17.1 Å². The van der Waals surface area contributed by atoms with Crippen molar-refractivity contribution in [3.8, 4) is 0 Å². The molecule has 27 heavy (non-hydrogen) atoms. The van der Waals surface area contributed by atoms with Gasteiger partial charge in [0.1, 0.15) is 11.9 Å². The summed E-state index contributed by atoms with van der Waals surface area (Å²) in [6.07, 6.45) is -0.0979. The number of aromatic nitrogens is 3. The predicted molar refractivity (Wildman–Crippen MR) is 106 cm³/mol. The van der Waals surface area contributed by atoms with E-state index in [0.29, 0.717) is 5.82 Å². The van der Waals surface area contributed by atoms with Gasteiger partial charge in [-0.15, -0.1) is 22.0 Å². The second-order valence-electron chi connectivity index (χ2n) is 7.19. The van der Waals surface area contributed by atoms with Crippen molar-refractivity contribution in [3.63, 3.8) is 0 Å². The van der Waals surface area contributed by atoms with Gasteiger partial charge in [-0.3, -0.25) is 14.4 Å². The van der Waals surface area contributed by atoms with Crippen molar-refractivity contribution >= 4 is 23.4 Å². The van der Waals surface area contributed by atoms with E-state index in [4.69, 9.17) is 4.99 Å². The smallest absolute Gasteiger partial charge is 0.306 e. The lowest BCUT2D eigenvalue weighted by molar-refractivity contribution is -0.137. The number of allylic oxidation sites excluding steroid dienone is 2. The van der Waals surface area contributed by atoms with E-state index in [1.54, 1.807) is 11.8 Å². The van der Waals surface area contributed by atoms with Crippen molar-refractivity contribution in [2.75, 3.05) is 0 Å². The van der Waals surface area contributed by atoms with Gasteiger partial charge in [0, 0.05) is 0 Å². The summed E-state index contributed by atoms with van der Waals surface area (Å²) in [5, 5.41) is 18.1. The Labute approximate surface area is 162 Å². The Bertz CT molecular complexity index is 974. The summed E-state index contributed by atoms with van der Waals surface area (Å²) >= 11 is 1.79. The number of carboxylic acids is 1. The first kappa shape index (κ1) is 18.0. The average Bonchev–Trinajstić information content (AvgIpc) is 3.08. The number of nitrogens with zero attached hydrogens (tertiary/aromatic N) is 4. The second kappa shape index (κ2) is 6.64. The third-order valence-electron chi connectivity index (χ3n) is 5.35. The molecule has 2 unspecified atom stereocenters. The summed E-state index contributed by atoms with van der Waals surface area (Å²) in [4.78, 5) is 17.7. The third-order valence-corrected chi connectivity index (χ3v) is 6.75. The quantitative estimate of drug-likeness (QED) is 0.865. The van der Waals surface area contributed by atoms with Gasteiger partial charge >= 0.3 is 5.97 Å². The van der Waals surface area contributed by atoms with E-state index in [1.165, 1.54) is 16.0 Å². The van der Waals surface area contributed by atoms with Crippen LogP contribution >= 0.6 is 11.8 Å². The van der Waals surface area contributed by atoms with Crippen molar-refractivity contribution in [1.29, 1.82) is 0 Å². The number of aliphatic imine (C=N–C) groups is 1. The Balaban J connectivity index is 1.94. The van der Waals surface area contributed by atoms with Crippen molar-refractivity contribution in [2.24, 2.45) is 10.9 Å². The minimum atomic E-state index is -0.887. The van der Waals surface area contributed by atoms with Crippen LogP contribution in [0.25, 0.3) is 0 Å². The molecule has 0 radical (unpaired) electrons. The van der Waals surface area contributed by atoms with Crippen molar-refractivity contribution in [2.45, 2.75) is 45.5 Å². The summed E-state index contributed by atoms with van der Waals surface area (Å²) in [6.45, 7) is 8.26. The number of aryl methyl sites for hydroxylation is 2. The molecule has 2 aliphatic heterocycles. The number of hydrogen-bond acceptors (Lipinski definition) is 5. The number of thioether (sulfide) groups is 1. The Hall–Kier alpha value is -2.41. The number of rotatable bonds is 3. The van der Waals surface area contributed by atoms with Crippen LogP contribution in [0.1, 0.15) is 54.5 Å². The number of fused-ring (bicyclic) bond motifs is 3. The van der Waals surface area contributed by atoms with Crippen LogP contribution in [0.4, 0.5) is 0 Å². The first-order chi connectivity index (χ1) is 12.9. The fourth-order valence-corrected chi connectivity index (χ4v) is 5.34. The highest BCUT2D eigenvalue weighted by molar-refractivity contribution is 8.03. The zero-order valence-corrected chi connectivity index (χ0v) is 16.6. The van der Waals surface area contributed by atoms with Gasteiger partial charge in [-0.05, 0) is 38.2 Å². The molecule has 0 saturated heterocycles. The molecule has 0 spiro atoms. The van der Waals surface area contributed by atoms with Crippen molar-refractivity contribution in [3.05, 3.63) is 57.5 Å². The fraction of sp³-hybridized carbons (Fsp3) is 0.400. The lowest BCUT2D eigenvalue weighted by Gasteiger charge is -2.23. The highest BCUT2D eigenvalue weighted by Crippen LogP contribution is 2.52. The zero-order valence-electron chi connectivity index (χ0n) is 15.8. The van der Waals surface area contributed by atoms with Crippen LogP contribution in [0.5, 0.6) is 0 Å². The monoisotopic (exact) mass is 382 g/mol. The molecule has 0 fully saturated rings. The number of carbonyl (C=O) groups is 1. The van der Waals surface area contributed by atoms with Gasteiger partial charge in [-0.2, -0.15) is 0 Å². The van der Waals surface area contributed by atoms with Crippen LogP contribution in [0, 0.1) is 19.8 Å². The molecule has 1 aromatic heterocycles. The number of benzene rings is 1. The minimum absolute atomic E-state index is 0.0637. The van der Waals surface area contributed by atoms with Gasteiger partial charge in [-0.1, -0.05) is 35.4 Å². The number of carboxylic acid groups (broad SMARTS) is 1.